The summed E-state index contributed by atoms with van der Waals surface area (Å²) in [5.41, 5.74) is 4.82. The topological polar surface area (TPSA) is 12.4 Å². The van der Waals surface area contributed by atoms with E-state index in [4.69, 9.17) is 0 Å². The highest BCUT2D eigenvalue weighted by molar-refractivity contribution is 5.93. The minimum Gasteiger partial charge on any atom is -0.285 e. The summed E-state index contributed by atoms with van der Waals surface area (Å²) in [6.45, 7) is 9.10. The normalized spacial score (nSPS) is 26.6. The van der Waals surface area contributed by atoms with E-state index >= 15 is 0 Å². The molecule has 2 aliphatic rings. The van der Waals surface area contributed by atoms with Crippen LogP contribution < -0.4 is 0 Å². The third kappa shape index (κ3) is 2.94. The Labute approximate surface area is 104 Å². The second-order valence-electron chi connectivity index (χ2n) is 4.72. The van der Waals surface area contributed by atoms with E-state index in [1.165, 1.54) is 11.1 Å². The second-order valence-corrected chi connectivity index (χ2v) is 4.72. The van der Waals surface area contributed by atoms with Crippen LogP contribution in [0.25, 0.3) is 0 Å². The molecule has 1 atom stereocenters. The van der Waals surface area contributed by atoms with Crippen molar-refractivity contribution < 1.29 is 0 Å². The fraction of sp³-hybridized carbons (Fsp3) is 0.312. The summed E-state index contributed by atoms with van der Waals surface area (Å²) in [6.07, 6.45) is 13.9. The van der Waals surface area contributed by atoms with Crippen LogP contribution in [0.2, 0.25) is 0 Å². The summed E-state index contributed by atoms with van der Waals surface area (Å²) < 4.78 is 0. The lowest BCUT2D eigenvalue weighted by atomic mass is 9.87. The zero-order valence-corrected chi connectivity index (χ0v) is 10.6. The smallest absolute Gasteiger partial charge is 0.0645 e. The molecule has 0 aromatic heterocycles. The Kier molecular flexibility index (Phi) is 3.58. The Morgan fingerprint density at radius 3 is 2.76 bits per heavy atom. The van der Waals surface area contributed by atoms with Crippen molar-refractivity contribution in [2.24, 2.45) is 10.9 Å². The van der Waals surface area contributed by atoms with Gasteiger partial charge in [-0.25, -0.2) is 0 Å². The highest BCUT2D eigenvalue weighted by Gasteiger charge is 2.13. The minimum absolute atomic E-state index is 0.581. The van der Waals surface area contributed by atoms with Gasteiger partial charge in [-0.1, -0.05) is 43.9 Å². The van der Waals surface area contributed by atoms with Crippen molar-refractivity contribution in [1.82, 2.24) is 0 Å². The first-order valence-electron chi connectivity index (χ1n) is 6.12. The molecule has 0 saturated heterocycles. The van der Waals surface area contributed by atoms with E-state index in [2.05, 4.69) is 42.8 Å². The summed E-state index contributed by atoms with van der Waals surface area (Å²) in [7, 11) is 0. The maximum Gasteiger partial charge on any atom is 0.0645 e. The van der Waals surface area contributed by atoms with Crippen molar-refractivity contribution >= 4 is 5.71 Å². The highest BCUT2D eigenvalue weighted by Crippen LogP contribution is 2.27. The molecule has 17 heavy (non-hydrogen) atoms. The molecule has 2 rings (SSSR count). The quantitative estimate of drug-likeness (QED) is 0.590. The number of hydrogen-bond acceptors (Lipinski definition) is 1. The van der Waals surface area contributed by atoms with Crippen LogP contribution in [0.3, 0.4) is 0 Å². The molecule has 0 amide bonds. The molecule has 0 fully saturated rings. The van der Waals surface area contributed by atoms with E-state index in [1.54, 1.807) is 0 Å². The Morgan fingerprint density at radius 1 is 1.18 bits per heavy atom. The Hall–Kier alpha value is -1.63. The van der Waals surface area contributed by atoms with Gasteiger partial charge in [-0.05, 0) is 42.1 Å². The lowest BCUT2D eigenvalue weighted by Gasteiger charge is -2.19. The molecule has 88 valence electrons. The third-order valence-corrected chi connectivity index (χ3v) is 3.22. The molecule has 1 aliphatic carbocycles. The highest BCUT2D eigenvalue weighted by atomic mass is 14.7. The lowest BCUT2D eigenvalue weighted by molar-refractivity contribution is 0.692. The third-order valence-electron chi connectivity index (χ3n) is 3.22. The number of nitrogens with zero attached hydrogens (tertiary/aromatic N) is 1. The van der Waals surface area contributed by atoms with Gasteiger partial charge in [0, 0.05) is 5.71 Å². The monoisotopic (exact) mass is 225 g/mol. The van der Waals surface area contributed by atoms with E-state index in [0.29, 0.717) is 5.92 Å². The molecule has 0 radical (unpaired) electrons. The molecular formula is C16H19N. The number of allylic oxidation sites excluding steroid dienone is 7. The standard InChI is InChI=1S/C16H19N/c1-12-7-9-14(3)17-11-15-6-4-5-13(2)16(15)10-8-12/h4,6-10,13H,1,5,11H2,2-3H3/b9-7?,10-8-,17-14?. The van der Waals surface area contributed by atoms with Gasteiger partial charge in [-0.3, -0.25) is 4.99 Å². The molecule has 0 spiro atoms. The Morgan fingerprint density at radius 2 is 1.94 bits per heavy atom. The predicted octanol–water partition coefficient (Wildman–Crippen LogP) is 4.02. The van der Waals surface area contributed by atoms with Crippen molar-refractivity contribution in [3.63, 3.8) is 0 Å². The molecule has 0 saturated carbocycles. The minimum atomic E-state index is 0.581. The molecule has 1 aliphatic heterocycles. The van der Waals surface area contributed by atoms with Crippen molar-refractivity contribution in [1.29, 1.82) is 0 Å². The number of rotatable bonds is 0. The first-order valence-corrected chi connectivity index (χ1v) is 6.12. The zero-order valence-electron chi connectivity index (χ0n) is 10.6. The van der Waals surface area contributed by atoms with Crippen LogP contribution >= 0.6 is 0 Å². The van der Waals surface area contributed by atoms with Crippen molar-refractivity contribution in [3.8, 4) is 0 Å². The fourth-order valence-electron chi connectivity index (χ4n) is 2.11. The predicted molar refractivity (Wildman–Crippen MR) is 75.3 cm³/mol. The van der Waals surface area contributed by atoms with Crippen molar-refractivity contribution in [2.45, 2.75) is 20.3 Å². The average Bonchev–Trinajstić information content (AvgIpc) is 2.32. The summed E-state index contributed by atoms with van der Waals surface area (Å²) in [5.74, 6) is 0.581. The van der Waals surface area contributed by atoms with Crippen LogP contribution in [-0.2, 0) is 0 Å². The van der Waals surface area contributed by atoms with Crippen LogP contribution in [0.5, 0.6) is 0 Å². The van der Waals surface area contributed by atoms with Gasteiger partial charge in [0.2, 0.25) is 0 Å². The molecule has 0 aromatic carbocycles. The van der Waals surface area contributed by atoms with Gasteiger partial charge in [-0.15, -0.1) is 0 Å². The van der Waals surface area contributed by atoms with E-state index in [-0.39, 0.29) is 0 Å². The van der Waals surface area contributed by atoms with Gasteiger partial charge in [0.15, 0.2) is 0 Å². The molecule has 1 unspecified atom stereocenters. The maximum atomic E-state index is 4.58. The summed E-state index contributed by atoms with van der Waals surface area (Å²) in [5, 5.41) is 0. The van der Waals surface area contributed by atoms with E-state index in [9.17, 15) is 0 Å². The SMILES string of the molecule is C=C1C=CC(C)=NCC2=C(/C=C\1)C(C)CC=C2. The van der Waals surface area contributed by atoms with Crippen molar-refractivity contribution in [2.75, 3.05) is 6.54 Å². The Balaban J connectivity index is 2.41. The first-order chi connectivity index (χ1) is 8.16. The van der Waals surface area contributed by atoms with Crippen LogP contribution in [0.1, 0.15) is 20.3 Å². The van der Waals surface area contributed by atoms with E-state index in [0.717, 1.165) is 24.3 Å². The largest absolute Gasteiger partial charge is 0.285 e. The number of aliphatic imine (C=N–C) groups is 1. The summed E-state index contributed by atoms with van der Waals surface area (Å²) in [6, 6.07) is 0. The second kappa shape index (κ2) is 5.13. The molecule has 1 nitrogen and oxygen atoms in total. The fourth-order valence-corrected chi connectivity index (χ4v) is 2.11. The first kappa shape index (κ1) is 11.8. The number of hydrogen-bond donors (Lipinski definition) is 0. The molecule has 0 N–H and O–H groups in total. The van der Waals surface area contributed by atoms with Gasteiger partial charge in [0.25, 0.3) is 0 Å². The van der Waals surface area contributed by atoms with Gasteiger partial charge in [0.05, 0.1) is 6.54 Å². The van der Waals surface area contributed by atoms with Crippen LogP contribution in [0.4, 0.5) is 0 Å². The van der Waals surface area contributed by atoms with E-state index < -0.39 is 0 Å². The van der Waals surface area contributed by atoms with E-state index in [1.807, 2.05) is 19.1 Å². The zero-order chi connectivity index (χ0) is 12.3. The molecule has 1 heterocycles. The van der Waals surface area contributed by atoms with Gasteiger partial charge in [-0.2, -0.15) is 0 Å². The summed E-state index contributed by atoms with van der Waals surface area (Å²) >= 11 is 0. The van der Waals surface area contributed by atoms with Crippen molar-refractivity contribution in [3.05, 3.63) is 59.8 Å². The van der Waals surface area contributed by atoms with Crippen LogP contribution in [0.15, 0.2) is 64.7 Å². The van der Waals surface area contributed by atoms with Crippen LogP contribution in [-0.4, -0.2) is 12.3 Å². The van der Waals surface area contributed by atoms with Gasteiger partial charge >= 0.3 is 0 Å². The molecule has 0 bridgehead atoms. The average molecular weight is 225 g/mol. The molecular weight excluding hydrogens is 206 g/mol. The van der Waals surface area contributed by atoms with Crippen LogP contribution in [0, 0.1) is 5.92 Å². The Bertz CT molecular complexity index is 470. The summed E-state index contributed by atoms with van der Waals surface area (Å²) in [4.78, 5) is 4.58. The maximum absolute atomic E-state index is 4.58. The molecule has 1 heteroatoms. The van der Waals surface area contributed by atoms with Gasteiger partial charge < -0.3 is 0 Å². The molecule has 0 aromatic rings. The van der Waals surface area contributed by atoms with Gasteiger partial charge in [0.1, 0.15) is 0 Å². The lowest BCUT2D eigenvalue weighted by Crippen LogP contribution is -2.07.